The highest BCUT2D eigenvalue weighted by molar-refractivity contribution is 5.95. The van der Waals surface area contributed by atoms with Crippen molar-refractivity contribution in [1.82, 2.24) is 10.6 Å². The van der Waals surface area contributed by atoms with Gasteiger partial charge in [-0.15, -0.1) is 0 Å². The molecule has 1 heterocycles. The monoisotopic (exact) mass is 260 g/mol. The Kier molecular flexibility index (Phi) is 4.59. The maximum atomic E-state index is 12.2. The van der Waals surface area contributed by atoms with Gasteiger partial charge in [-0.2, -0.15) is 0 Å². The zero-order valence-electron chi connectivity index (χ0n) is 12.1. The highest BCUT2D eigenvalue weighted by Gasteiger charge is 2.21. The van der Waals surface area contributed by atoms with Crippen molar-refractivity contribution in [2.75, 3.05) is 19.6 Å². The van der Waals surface area contributed by atoms with E-state index in [0.29, 0.717) is 11.8 Å². The quantitative estimate of drug-likeness (QED) is 0.875. The molecule has 0 aromatic heterocycles. The summed E-state index contributed by atoms with van der Waals surface area (Å²) in [5.74, 6) is 1.28. The lowest BCUT2D eigenvalue weighted by molar-refractivity contribution is 0.0938. The summed E-state index contributed by atoms with van der Waals surface area (Å²) in [5.41, 5.74) is 3.04. The molecule has 0 saturated carbocycles. The molecule has 2 rings (SSSR count). The van der Waals surface area contributed by atoms with E-state index in [9.17, 15) is 4.79 Å². The molecule has 3 heteroatoms. The molecule has 1 saturated heterocycles. The van der Waals surface area contributed by atoms with E-state index in [1.807, 2.05) is 26.0 Å². The Morgan fingerprint density at radius 1 is 1.42 bits per heavy atom. The Labute approximate surface area is 115 Å². The van der Waals surface area contributed by atoms with Crippen LogP contribution in [0.4, 0.5) is 0 Å². The topological polar surface area (TPSA) is 41.1 Å². The zero-order chi connectivity index (χ0) is 13.8. The van der Waals surface area contributed by atoms with Crippen LogP contribution in [0.5, 0.6) is 0 Å². The van der Waals surface area contributed by atoms with E-state index in [4.69, 9.17) is 0 Å². The van der Waals surface area contributed by atoms with Crippen molar-refractivity contribution in [3.8, 4) is 0 Å². The molecule has 2 atom stereocenters. The first-order chi connectivity index (χ1) is 9.08. The molecule has 1 aliphatic heterocycles. The summed E-state index contributed by atoms with van der Waals surface area (Å²) in [6.07, 6.45) is 1.20. The lowest BCUT2D eigenvalue weighted by atomic mass is 9.88. The molecule has 1 amide bonds. The molecular weight excluding hydrogens is 236 g/mol. The van der Waals surface area contributed by atoms with Crippen molar-refractivity contribution >= 4 is 5.91 Å². The van der Waals surface area contributed by atoms with Gasteiger partial charge in [0.1, 0.15) is 0 Å². The van der Waals surface area contributed by atoms with Gasteiger partial charge in [-0.25, -0.2) is 0 Å². The van der Waals surface area contributed by atoms with Gasteiger partial charge in [-0.3, -0.25) is 4.79 Å². The molecule has 0 spiro atoms. The largest absolute Gasteiger partial charge is 0.352 e. The number of hydrogen-bond donors (Lipinski definition) is 2. The first kappa shape index (κ1) is 14.1. The number of nitrogens with one attached hydrogen (secondary N) is 2. The SMILES string of the molecule is Cc1ccc(C(=O)NCC2CNCCC2C)c(C)c1. The standard InChI is InChI=1S/C16H24N2O/c1-11-4-5-15(13(3)8-11)16(19)18-10-14-9-17-7-6-12(14)2/h4-5,8,12,14,17H,6-7,9-10H2,1-3H3,(H,18,19). The molecule has 0 bridgehead atoms. The molecule has 1 aromatic carbocycles. The fourth-order valence-electron chi connectivity index (χ4n) is 2.71. The summed E-state index contributed by atoms with van der Waals surface area (Å²) in [6, 6.07) is 5.97. The number of carbonyl (C=O) groups excluding carboxylic acids is 1. The van der Waals surface area contributed by atoms with Crippen LogP contribution in [0.25, 0.3) is 0 Å². The van der Waals surface area contributed by atoms with Gasteiger partial charge in [0.25, 0.3) is 5.91 Å². The smallest absolute Gasteiger partial charge is 0.251 e. The van der Waals surface area contributed by atoms with Crippen molar-refractivity contribution in [3.05, 3.63) is 34.9 Å². The third kappa shape index (κ3) is 3.57. The molecular formula is C16H24N2O. The van der Waals surface area contributed by atoms with E-state index in [0.717, 1.165) is 30.8 Å². The van der Waals surface area contributed by atoms with Crippen LogP contribution < -0.4 is 10.6 Å². The van der Waals surface area contributed by atoms with Crippen molar-refractivity contribution < 1.29 is 4.79 Å². The van der Waals surface area contributed by atoms with Crippen molar-refractivity contribution in [1.29, 1.82) is 0 Å². The van der Waals surface area contributed by atoms with E-state index >= 15 is 0 Å². The lowest BCUT2D eigenvalue weighted by Gasteiger charge is -2.29. The number of piperidine rings is 1. The predicted molar refractivity (Wildman–Crippen MR) is 78.4 cm³/mol. The molecule has 0 aliphatic carbocycles. The van der Waals surface area contributed by atoms with Crippen molar-refractivity contribution in [2.24, 2.45) is 11.8 Å². The van der Waals surface area contributed by atoms with Crippen LogP contribution in [0, 0.1) is 25.7 Å². The Hall–Kier alpha value is -1.35. The molecule has 1 fully saturated rings. The van der Waals surface area contributed by atoms with E-state index in [1.54, 1.807) is 0 Å². The summed E-state index contributed by atoms with van der Waals surface area (Å²) in [5, 5.41) is 6.48. The third-order valence-corrected chi connectivity index (χ3v) is 4.14. The molecule has 3 nitrogen and oxygen atoms in total. The summed E-state index contributed by atoms with van der Waals surface area (Å²) >= 11 is 0. The number of benzene rings is 1. The molecule has 1 aliphatic rings. The summed E-state index contributed by atoms with van der Waals surface area (Å²) < 4.78 is 0. The predicted octanol–water partition coefficient (Wildman–Crippen LogP) is 2.28. The molecule has 2 N–H and O–H groups in total. The minimum atomic E-state index is 0.0512. The Balaban J connectivity index is 1.93. The van der Waals surface area contributed by atoms with Crippen LogP contribution in [-0.2, 0) is 0 Å². The van der Waals surface area contributed by atoms with Gasteiger partial charge < -0.3 is 10.6 Å². The maximum absolute atomic E-state index is 12.2. The van der Waals surface area contributed by atoms with Crippen LogP contribution in [0.15, 0.2) is 18.2 Å². The molecule has 19 heavy (non-hydrogen) atoms. The normalized spacial score (nSPS) is 23.1. The van der Waals surface area contributed by atoms with Gasteiger partial charge in [0.15, 0.2) is 0 Å². The van der Waals surface area contributed by atoms with Crippen LogP contribution in [0.2, 0.25) is 0 Å². The van der Waals surface area contributed by atoms with Crippen molar-refractivity contribution in [3.63, 3.8) is 0 Å². The fourth-order valence-corrected chi connectivity index (χ4v) is 2.71. The lowest BCUT2D eigenvalue weighted by Crippen LogP contribution is -2.42. The second-order valence-corrected chi connectivity index (χ2v) is 5.76. The molecule has 0 radical (unpaired) electrons. The molecule has 1 aromatic rings. The Morgan fingerprint density at radius 2 is 2.21 bits per heavy atom. The number of hydrogen-bond acceptors (Lipinski definition) is 2. The average molecular weight is 260 g/mol. The molecule has 2 unspecified atom stereocenters. The van der Waals surface area contributed by atoms with E-state index in [-0.39, 0.29) is 5.91 Å². The van der Waals surface area contributed by atoms with Gasteiger partial charge in [0.2, 0.25) is 0 Å². The second kappa shape index (κ2) is 6.20. The number of rotatable bonds is 3. The summed E-state index contributed by atoms with van der Waals surface area (Å²) in [7, 11) is 0. The highest BCUT2D eigenvalue weighted by atomic mass is 16.1. The van der Waals surface area contributed by atoms with E-state index < -0.39 is 0 Å². The first-order valence-corrected chi connectivity index (χ1v) is 7.14. The van der Waals surface area contributed by atoms with Gasteiger partial charge >= 0.3 is 0 Å². The van der Waals surface area contributed by atoms with Crippen LogP contribution in [0.3, 0.4) is 0 Å². The Morgan fingerprint density at radius 3 is 2.89 bits per heavy atom. The second-order valence-electron chi connectivity index (χ2n) is 5.76. The van der Waals surface area contributed by atoms with Crippen LogP contribution in [-0.4, -0.2) is 25.5 Å². The minimum Gasteiger partial charge on any atom is -0.352 e. The minimum absolute atomic E-state index is 0.0512. The van der Waals surface area contributed by atoms with Gasteiger partial charge in [-0.1, -0.05) is 24.6 Å². The van der Waals surface area contributed by atoms with Gasteiger partial charge in [0, 0.05) is 12.1 Å². The third-order valence-electron chi connectivity index (χ3n) is 4.14. The highest BCUT2D eigenvalue weighted by Crippen LogP contribution is 2.17. The molecule has 104 valence electrons. The van der Waals surface area contributed by atoms with Gasteiger partial charge in [-0.05, 0) is 56.8 Å². The maximum Gasteiger partial charge on any atom is 0.251 e. The average Bonchev–Trinajstić information content (AvgIpc) is 2.37. The van der Waals surface area contributed by atoms with Crippen LogP contribution >= 0.6 is 0 Å². The van der Waals surface area contributed by atoms with Gasteiger partial charge in [0.05, 0.1) is 0 Å². The Bertz CT molecular complexity index is 456. The number of aryl methyl sites for hydroxylation is 2. The first-order valence-electron chi connectivity index (χ1n) is 7.14. The summed E-state index contributed by atoms with van der Waals surface area (Å²) in [4.78, 5) is 12.2. The number of carbonyl (C=O) groups is 1. The summed E-state index contributed by atoms with van der Waals surface area (Å²) in [6.45, 7) is 9.18. The van der Waals surface area contributed by atoms with E-state index in [2.05, 4.69) is 23.6 Å². The van der Waals surface area contributed by atoms with Crippen LogP contribution in [0.1, 0.15) is 34.8 Å². The van der Waals surface area contributed by atoms with Crippen molar-refractivity contribution in [2.45, 2.75) is 27.2 Å². The number of amides is 1. The zero-order valence-corrected chi connectivity index (χ0v) is 12.1. The van der Waals surface area contributed by atoms with E-state index in [1.165, 1.54) is 12.0 Å². The fraction of sp³-hybridized carbons (Fsp3) is 0.562.